The quantitative estimate of drug-likeness (QED) is 0.617. The lowest BCUT2D eigenvalue weighted by molar-refractivity contribution is 0.252. The van der Waals surface area contributed by atoms with E-state index in [0.29, 0.717) is 5.54 Å². The van der Waals surface area contributed by atoms with Crippen LogP contribution in [0.15, 0.2) is 0 Å². The van der Waals surface area contributed by atoms with Gasteiger partial charge in [-0.15, -0.1) is 0 Å². The van der Waals surface area contributed by atoms with Crippen LogP contribution in [0.2, 0.25) is 0 Å². The second-order valence-electron chi connectivity index (χ2n) is 4.26. The molecule has 0 aromatic carbocycles. The molecule has 0 spiro atoms. The lowest BCUT2D eigenvalue weighted by Gasteiger charge is -2.35. The van der Waals surface area contributed by atoms with Crippen molar-refractivity contribution in [2.24, 2.45) is 0 Å². The monoisotopic (exact) mass is 154 g/mol. The summed E-state index contributed by atoms with van der Waals surface area (Å²) in [6.45, 7) is 4.69. The maximum Gasteiger partial charge on any atom is 0.0292 e. The highest BCUT2D eigenvalue weighted by Gasteiger charge is 2.32. The van der Waals surface area contributed by atoms with Crippen LogP contribution in [0.5, 0.6) is 0 Å². The molecule has 1 aliphatic carbocycles. The molecule has 64 valence electrons. The summed E-state index contributed by atoms with van der Waals surface area (Å²) in [5.74, 6) is 0. The van der Waals surface area contributed by atoms with E-state index in [4.69, 9.17) is 0 Å². The Balaban J connectivity index is 1.82. The molecule has 0 unspecified atom stereocenters. The Kier molecular flexibility index (Phi) is 1.90. The SMILES string of the molecule is C[C@@]1(NC2CCC2)CCNC1. The molecule has 11 heavy (non-hydrogen) atoms. The molecule has 0 amide bonds. The second-order valence-corrected chi connectivity index (χ2v) is 4.26. The number of rotatable bonds is 2. The fourth-order valence-corrected chi connectivity index (χ4v) is 1.99. The van der Waals surface area contributed by atoms with Crippen LogP contribution in [0.25, 0.3) is 0 Å². The van der Waals surface area contributed by atoms with Gasteiger partial charge in [-0.25, -0.2) is 0 Å². The predicted octanol–water partition coefficient (Wildman–Crippen LogP) is 0.880. The summed E-state index contributed by atoms with van der Waals surface area (Å²) in [6, 6.07) is 0.833. The van der Waals surface area contributed by atoms with Crippen molar-refractivity contribution >= 4 is 0 Å². The van der Waals surface area contributed by atoms with Crippen LogP contribution in [0, 0.1) is 0 Å². The molecule has 1 heterocycles. The summed E-state index contributed by atoms with van der Waals surface area (Å²) in [7, 11) is 0. The van der Waals surface area contributed by atoms with Crippen molar-refractivity contribution < 1.29 is 0 Å². The Bertz CT molecular complexity index is 134. The van der Waals surface area contributed by atoms with Gasteiger partial charge in [-0.1, -0.05) is 6.42 Å². The predicted molar refractivity (Wildman–Crippen MR) is 46.7 cm³/mol. The smallest absolute Gasteiger partial charge is 0.0292 e. The molecule has 2 heteroatoms. The van der Waals surface area contributed by atoms with E-state index in [1.165, 1.54) is 32.2 Å². The number of hydrogen-bond donors (Lipinski definition) is 2. The van der Waals surface area contributed by atoms with E-state index in [2.05, 4.69) is 17.6 Å². The molecule has 2 aliphatic rings. The Labute approximate surface area is 68.7 Å². The van der Waals surface area contributed by atoms with Crippen molar-refractivity contribution in [2.45, 2.75) is 44.2 Å². The Morgan fingerprint density at radius 2 is 2.27 bits per heavy atom. The number of nitrogens with one attached hydrogen (secondary N) is 2. The molecule has 1 saturated heterocycles. The highest BCUT2D eigenvalue weighted by molar-refractivity contribution is 4.95. The van der Waals surface area contributed by atoms with Gasteiger partial charge in [0.2, 0.25) is 0 Å². The van der Waals surface area contributed by atoms with Gasteiger partial charge in [0.25, 0.3) is 0 Å². The van der Waals surface area contributed by atoms with Crippen LogP contribution in [0.1, 0.15) is 32.6 Å². The third-order valence-electron chi connectivity index (χ3n) is 3.03. The van der Waals surface area contributed by atoms with Crippen LogP contribution in [0.4, 0.5) is 0 Å². The normalized spacial score (nSPS) is 39.0. The largest absolute Gasteiger partial charge is 0.315 e. The zero-order chi connectivity index (χ0) is 7.73. The molecule has 0 bridgehead atoms. The molecule has 2 nitrogen and oxygen atoms in total. The zero-order valence-corrected chi connectivity index (χ0v) is 7.32. The highest BCUT2D eigenvalue weighted by atomic mass is 15.1. The third kappa shape index (κ3) is 1.57. The van der Waals surface area contributed by atoms with Crippen molar-refractivity contribution in [3.63, 3.8) is 0 Å². The molecule has 1 atom stereocenters. The lowest BCUT2D eigenvalue weighted by atomic mass is 9.89. The van der Waals surface area contributed by atoms with Crippen molar-refractivity contribution in [3.05, 3.63) is 0 Å². The standard InChI is InChI=1S/C9H18N2/c1-9(5-6-10-7-9)11-8-3-2-4-8/h8,10-11H,2-7H2,1H3/t9-/m1/s1. The van der Waals surface area contributed by atoms with Crippen LogP contribution in [-0.4, -0.2) is 24.7 Å². The average molecular weight is 154 g/mol. The Morgan fingerprint density at radius 1 is 1.45 bits per heavy atom. The maximum atomic E-state index is 3.73. The van der Waals surface area contributed by atoms with Gasteiger partial charge in [0, 0.05) is 18.1 Å². The summed E-state index contributed by atoms with van der Waals surface area (Å²) in [5, 5.41) is 7.13. The molecule has 0 aromatic heterocycles. The molecule has 2 fully saturated rings. The van der Waals surface area contributed by atoms with Gasteiger partial charge >= 0.3 is 0 Å². The topological polar surface area (TPSA) is 24.1 Å². The molecule has 0 aromatic rings. The van der Waals surface area contributed by atoms with E-state index >= 15 is 0 Å². The molecule has 2 rings (SSSR count). The minimum Gasteiger partial charge on any atom is -0.315 e. The van der Waals surface area contributed by atoms with Crippen molar-refractivity contribution in [1.82, 2.24) is 10.6 Å². The van der Waals surface area contributed by atoms with E-state index in [1.54, 1.807) is 0 Å². The molecule has 2 N–H and O–H groups in total. The van der Waals surface area contributed by atoms with Gasteiger partial charge in [0.05, 0.1) is 0 Å². The maximum absolute atomic E-state index is 3.73. The van der Waals surface area contributed by atoms with E-state index in [0.717, 1.165) is 12.6 Å². The second kappa shape index (κ2) is 2.76. The Hall–Kier alpha value is -0.0800. The van der Waals surface area contributed by atoms with Gasteiger partial charge in [0.15, 0.2) is 0 Å². The zero-order valence-electron chi connectivity index (χ0n) is 7.32. The summed E-state index contributed by atoms with van der Waals surface area (Å²) in [6.07, 6.45) is 5.52. The van der Waals surface area contributed by atoms with Gasteiger partial charge in [0.1, 0.15) is 0 Å². The Morgan fingerprint density at radius 3 is 2.73 bits per heavy atom. The van der Waals surface area contributed by atoms with Crippen LogP contribution >= 0.6 is 0 Å². The first-order valence-electron chi connectivity index (χ1n) is 4.77. The molecule has 1 aliphatic heterocycles. The fourth-order valence-electron chi connectivity index (χ4n) is 1.99. The molecule has 0 radical (unpaired) electrons. The molecular weight excluding hydrogens is 136 g/mol. The number of hydrogen-bond acceptors (Lipinski definition) is 2. The summed E-state index contributed by atoms with van der Waals surface area (Å²) in [4.78, 5) is 0. The van der Waals surface area contributed by atoms with Gasteiger partial charge < -0.3 is 10.6 Å². The lowest BCUT2D eigenvalue weighted by Crippen LogP contribution is -2.51. The first-order chi connectivity index (χ1) is 5.29. The minimum absolute atomic E-state index is 0.408. The molecule has 1 saturated carbocycles. The van der Waals surface area contributed by atoms with Crippen molar-refractivity contribution in [2.75, 3.05) is 13.1 Å². The van der Waals surface area contributed by atoms with E-state index < -0.39 is 0 Å². The summed E-state index contributed by atoms with van der Waals surface area (Å²) in [5.41, 5.74) is 0.408. The van der Waals surface area contributed by atoms with Crippen molar-refractivity contribution in [1.29, 1.82) is 0 Å². The van der Waals surface area contributed by atoms with Gasteiger partial charge in [-0.2, -0.15) is 0 Å². The van der Waals surface area contributed by atoms with Crippen LogP contribution in [0.3, 0.4) is 0 Å². The van der Waals surface area contributed by atoms with Gasteiger partial charge in [-0.05, 0) is 32.7 Å². The van der Waals surface area contributed by atoms with E-state index in [-0.39, 0.29) is 0 Å². The van der Waals surface area contributed by atoms with Crippen LogP contribution < -0.4 is 10.6 Å². The van der Waals surface area contributed by atoms with Crippen molar-refractivity contribution in [3.8, 4) is 0 Å². The fraction of sp³-hybridized carbons (Fsp3) is 1.00. The van der Waals surface area contributed by atoms with Gasteiger partial charge in [-0.3, -0.25) is 0 Å². The average Bonchev–Trinajstić information content (AvgIpc) is 2.29. The molecular formula is C9H18N2. The van der Waals surface area contributed by atoms with E-state index in [9.17, 15) is 0 Å². The highest BCUT2D eigenvalue weighted by Crippen LogP contribution is 2.23. The van der Waals surface area contributed by atoms with Crippen LogP contribution in [-0.2, 0) is 0 Å². The third-order valence-corrected chi connectivity index (χ3v) is 3.03. The minimum atomic E-state index is 0.408. The summed E-state index contributed by atoms with van der Waals surface area (Å²) < 4.78 is 0. The summed E-state index contributed by atoms with van der Waals surface area (Å²) >= 11 is 0. The first kappa shape index (κ1) is 7.56. The van der Waals surface area contributed by atoms with E-state index in [1.807, 2.05) is 0 Å². The first-order valence-corrected chi connectivity index (χ1v) is 4.77.